The highest BCUT2D eigenvalue weighted by Gasteiger charge is 2.47. The van der Waals surface area contributed by atoms with Crippen molar-refractivity contribution in [3.05, 3.63) is 0 Å². The van der Waals surface area contributed by atoms with Gasteiger partial charge in [-0.2, -0.15) is 0 Å². The molecule has 1 saturated heterocycles. The summed E-state index contributed by atoms with van der Waals surface area (Å²) in [5.74, 6) is -4.23. The Labute approximate surface area is 214 Å². The standard InChI is InChI=1S/C22H38N4O11/c1-9(2)35-8-14-17(30)18(16(22(34)37-14)25-12(5)27)36-11(4)21(33)24-10(3)20(32)26-13(19(23)31)6-7-15(28)29/h9-11,13-14,16-18,22,30,34H,6-8H2,1-5H3,(H2,23,31)(H,24,33)(H,25,27)(H,26,32)(H,28,29)/t10-,11+,13+,14?,16?,17?,18?,22?/m0/s1. The van der Waals surface area contributed by atoms with Crippen molar-refractivity contribution in [1.29, 1.82) is 0 Å². The number of hydrogen-bond acceptors (Lipinski definition) is 10. The SMILES string of the molecule is CC(=O)NC1C(O)OC(COC(C)C)C(O)C1O[C@H](C)C(=O)N[C@@H](C)C(=O)N[C@H](CCC(=O)O)C(N)=O. The van der Waals surface area contributed by atoms with Crippen LogP contribution in [0.3, 0.4) is 0 Å². The number of nitrogens with one attached hydrogen (secondary N) is 3. The van der Waals surface area contributed by atoms with Crippen LogP contribution in [-0.4, -0.2) is 106 Å². The van der Waals surface area contributed by atoms with Gasteiger partial charge in [0.15, 0.2) is 6.29 Å². The van der Waals surface area contributed by atoms with Crippen LogP contribution in [0.4, 0.5) is 0 Å². The number of carbonyl (C=O) groups is 5. The molecule has 1 fully saturated rings. The van der Waals surface area contributed by atoms with E-state index in [1.54, 1.807) is 13.8 Å². The van der Waals surface area contributed by atoms with Crippen molar-refractivity contribution < 1.29 is 53.5 Å². The molecule has 0 spiro atoms. The number of aliphatic hydroxyl groups excluding tert-OH is 2. The first-order valence-electron chi connectivity index (χ1n) is 11.8. The Morgan fingerprint density at radius 3 is 2.16 bits per heavy atom. The van der Waals surface area contributed by atoms with Crippen LogP contribution in [0.25, 0.3) is 0 Å². The number of amides is 4. The van der Waals surface area contributed by atoms with E-state index in [-0.39, 0.29) is 19.1 Å². The van der Waals surface area contributed by atoms with Crippen molar-refractivity contribution in [3.63, 3.8) is 0 Å². The lowest BCUT2D eigenvalue weighted by Gasteiger charge is -2.43. The highest BCUT2D eigenvalue weighted by atomic mass is 16.6. The molecule has 15 nitrogen and oxygen atoms in total. The molecule has 0 aromatic heterocycles. The van der Waals surface area contributed by atoms with Gasteiger partial charge in [0.05, 0.1) is 12.7 Å². The minimum absolute atomic E-state index is 0.0940. The van der Waals surface area contributed by atoms with Gasteiger partial charge >= 0.3 is 5.97 Å². The second-order valence-corrected chi connectivity index (χ2v) is 9.03. The Morgan fingerprint density at radius 2 is 1.65 bits per heavy atom. The number of aliphatic hydroxyl groups is 2. The van der Waals surface area contributed by atoms with Crippen LogP contribution < -0.4 is 21.7 Å². The number of carboxylic acids is 1. The first kappa shape index (κ1) is 32.2. The summed E-state index contributed by atoms with van der Waals surface area (Å²) in [6.45, 7) is 7.28. The van der Waals surface area contributed by atoms with E-state index >= 15 is 0 Å². The van der Waals surface area contributed by atoms with Crippen molar-refractivity contribution >= 4 is 29.6 Å². The summed E-state index contributed by atoms with van der Waals surface area (Å²) < 4.78 is 16.5. The van der Waals surface area contributed by atoms with Gasteiger partial charge < -0.3 is 51.2 Å². The molecular formula is C22H38N4O11. The lowest BCUT2D eigenvalue weighted by molar-refractivity contribution is -0.270. The van der Waals surface area contributed by atoms with Crippen LogP contribution in [0.1, 0.15) is 47.5 Å². The molecule has 0 aromatic carbocycles. The molecule has 0 saturated carbocycles. The Morgan fingerprint density at radius 1 is 1.03 bits per heavy atom. The molecule has 1 rings (SSSR count). The Hall–Kier alpha value is -2.85. The second-order valence-electron chi connectivity index (χ2n) is 9.03. The minimum Gasteiger partial charge on any atom is -0.481 e. The fourth-order valence-corrected chi connectivity index (χ4v) is 3.45. The van der Waals surface area contributed by atoms with Crippen LogP contribution in [0.2, 0.25) is 0 Å². The first-order chi connectivity index (χ1) is 17.1. The zero-order chi connectivity index (χ0) is 28.4. The van der Waals surface area contributed by atoms with Gasteiger partial charge in [-0.3, -0.25) is 24.0 Å². The predicted octanol–water partition coefficient (Wildman–Crippen LogP) is -2.89. The molecule has 1 heterocycles. The van der Waals surface area contributed by atoms with Crippen LogP contribution in [0.5, 0.6) is 0 Å². The molecule has 4 amide bonds. The summed E-state index contributed by atoms with van der Waals surface area (Å²) >= 11 is 0. The van der Waals surface area contributed by atoms with E-state index in [1.807, 2.05) is 0 Å². The van der Waals surface area contributed by atoms with E-state index in [1.165, 1.54) is 20.8 Å². The molecule has 0 bridgehead atoms. The fourth-order valence-electron chi connectivity index (χ4n) is 3.45. The van der Waals surface area contributed by atoms with E-state index in [4.69, 9.17) is 25.1 Å². The average Bonchev–Trinajstić information content (AvgIpc) is 2.78. The number of primary amides is 1. The lowest BCUT2D eigenvalue weighted by Crippen LogP contribution is -2.66. The lowest BCUT2D eigenvalue weighted by atomic mass is 9.96. The van der Waals surface area contributed by atoms with E-state index in [0.717, 1.165) is 0 Å². The third-order valence-corrected chi connectivity index (χ3v) is 5.45. The molecule has 8 N–H and O–H groups in total. The summed E-state index contributed by atoms with van der Waals surface area (Å²) in [4.78, 5) is 59.0. The third kappa shape index (κ3) is 10.6. The van der Waals surface area contributed by atoms with E-state index in [2.05, 4.69) is 16.0 Å². The number of carboxylic acid groups (broad SMARTS) is 1. The van der Waals surface area contributed by atoms with Crippen molar-refractivity contribution in [1.82, 2.24) is 16.0 Å². The zero-order valence-electron chi connectivity index (χ0n) is 21.5. The van der Waals surface area contributed by atoms with Crippen molar-refractivity contribution in [3.8, 4) is 0 Å². The van der Waals surface area contributed by atoms with Gasteiger partial charge in [-0.25, -0.2) is 0 Å². The number of aliphatic carboxylic acids is 1. The number of ether oxygens (including phenoxy) is 3. The van der Waals surface area contributed by atoms with Crippen molar-refractivity contribution in [2.45, 2.75) is 102 Å². The predicted molar refractivity (Wildman–Crippen MR) is 126 cm³/mol. The van der Waals surface area contributed by atoms with Crippen molar-refractivity contribution in [2.75, 3.05) is 6.61 Å². The van der Waals surface area contributed by atoms with Gasteiger partial charge in [-0.05, 0) is 34.1 Å². The summed E-state index contributed by atoms with van der Waals surface area (Å²) in [6, 6.07) is -3.64. The summed E-state index contributed by atoms with van der Waals surface area (Å²) in [7, 11) is 0. The number of rotatable bonds is 14. The van der Waals surface area contributed by atoms with Gasteiger partial charge in [-0.1, -0.05) is 0 Å². The molecular weight excluding hydrogens is 496 g/mol. The molecule has 8 atom stereocenters. The molecule has 5 unspecified atom stereocenters. The summed E-state index contributed by atoms with van der Waals surface area (Å²) in [5, 5.41) is 37.1. The van der Waals surface area contributed by atoms with Gasteiger partial charge in [0.1, 0.15) is 42.5 Å². The third-order valence-electron chi connectivity index (χ3n) is 5.45. The molecule has 1 aliphatic heterocycles. The molecule has 37 heavy (non-hydrogen) atoms. The van der Waals surface area contributed by atoms with Crippen molar-refractivity contribution in [2.24, 2.45) is 5.73 Å². The minimum atomic E-state index is -1.57. The Balaban J connectivity index is 2.87. The highest BCUT2D eigenvalue weighted by Crippen LogP contribution is 2.24. The van der Waals surface area contributed by atoms with Gasteiger partial charge in [0, 0.05) is 13.3 Å². The quantitative estimate of drug-likeness (QED) is 0.119. The molecule has 0 aromatic rings. The van der Waals surface area contributed by atoms with E-state index in [0.29, 0.717) is 0 Å². The molecule has 0 aliphatic carbocycles. The maximum atomic E-state index is 12.7. The second kappa shape index (κ2) is 14.8. The highest BCUT2D eigenvalue weighted by molar-refractivity contribution is 5.92. The van der Waals surface area contributed by atoms with Gasteiger partial charge in [0.25, 0.3) is 0 Å². The number of hydrogen-bond donors (Lipinski definition) is 7. The average molecular weight is 535 g/mol. The Kier molecular flexibility index (Phi) is 12.9. The normalized spacial score (nSPS) is 26.0. The molecule has 0 radical (unpaired) electrons. The smallest absolute Gasteiger partial charge is 0.303 e. The van der Waals surface area contributed by atoms with Crippen LogP contribution in [-0.2, 0) is 38.2 Å². The molecule has 15 heteroatoms. The van der Waals surface area contributed by atoms with E-state index in [9.17, 15) is 34.2 Å². The van der Waals surface area contributed by atoms with Crippen LogP contribution >= 0.6 is 0 Å². The first-order valence-corrected chi connectivity index (χ1v) is 11.8. The molecule has 1 aliphatic rings. The van der Waals surface area contributed by atoms with Gasteiger partial charge in [0.2, 0.25) is 23.6 Å². The largest absolute Gasteiger partial charge is 0.481 e. The topological polar surface area (TPSA) is 236 Å². The fraction of sp³-hybridized carbons (Fsp3) is 0.773. The molecule has 212 valence electrons. The summed E-state index contributed by atoms with van der Waals surface area (Å²) in [5.41, 5.74) is 5.20. The zero-order valence-corrected chi connectivity index (χ0v) is 21.5. The Bertz CT molecular complexity index is 824. The van der Waals surface area contributed by atoms with Crippen LogP contribution in [0, 0.1) is 0 Å². The number of carbonyl (C=O) groups excluding carboxylic acids is 4. The maximum absolute atomic E-state index is 12.7. The van der Waals surface area contributed by atoms with Crippen LogP contribution in [0.15, 0.2) is 0 Å². The summed E-state index contributed by atoms with van der Waals surface area (Å²) in [6.07, 6.45) is -7.39. The van der Waals surface area contributed by atoms with E-state index < -0.39 is 84.9 Å². The maximum Gasteiger partial charge on any atom is 0.303 e. The monoisotopic (exact) mass is 534 g/mol. The number of nitrogens with two attached hydrogens (primary N) is 1. The van der Waals surface area contributed by atoms with Gasteiger partial charge in [-0.15, -0.1) is 0 Å².